The summed E-state index contributed by atoms with van der Waals surface area (Å²) >= 11 is 0. The van der Waals surface area contributed by atoms with Crippen LogP contribution in [0.5, 0.6) is 5.75 Å². The minimum atomic E-state index is -0.960. The number of benzene rings is 2. The second-order valence-corrected chi connectivity index (χ2v) is 12.8. The van der Waals surface area contributed by atoms with Crippen LogP contribution in [-0.4, -0.2) is 67.1 Å². The van der Waals surface area contributed by atoms with E-state index in [9.17, 15) is 14.3 Å². The van der Waals surface area contributed by atoms with Crippen molar-refractivity contribution in [2.24, 2.45) is 7.05 Å². The maximum atomic E-state index is 16.2. The third-order valence-corrected chi connectivity index (χ3v) is 9.77. The second-order valence-electron chi connectivity index (χ2n) is 12.8. The summed E-state index contributed by atoms with van der Waals surface area (Å²) in [6.45, 7) is 10.1. The fourth-order valence-corrected chi connectivity index (χ4v) is 7.24. The number of carbonyl (C=O) groups is 1. The summed E-state index contributed by atoms with van der Waals surface area (Å²) in [5, 5.41) is 16.6. The lowest BCUT2D eigenvalue weighted by atomic mass is 9.90. The number of aryl methyl sites for hydroxylation is 2. The van der Waals surface area contributed by atoms with Crippen molar-refractivity contribution >= 4 is 16.9 Å². The largest absolute Gasteiger partial charge is 0.490 e. The lowest BCUT2D eigenvalue weighted by Crippen LogP contribution is -2.42. The number of methoxy groups -OCH3 is 1. The van der Waals surface area contributed by atoms with Gasteiger partial charge in [0.1, 0.15) is 35.5 Å². The average molecular weight is 669 g/mol. The first-order valence-corrected chi connectivity index (χ1v) is 16.3. The van der Waals surface area contributed by atoms with Gasteiger partial charge in [-0.2, -0.15) is 5.10 Å². The molecule has 0 saturated heterocycles. The van der Waals surface area contributed by atoms with Crippen molar-refractivity contribution in [3.63, 3.8) is 0 Å². The molecule has 0 radical (unpaired) electrons. The van der Waals surface area contributed by atoms with Crippen LogP contribution in [0.1, 0.15) is 61.1 Å². The number of aromatic nitrogens is 5. The van der Waals surface area contributed by atoms with Crippen LogP contribution in [-0.2, 0) is 23.0 Å². The predicted molar refractivity (Wildman–Crippen MR) is 181 cm³/mol. The molecular formula is C37H38F2N6O4. The van der Waals surface area contributed by atoms with E-state index in [1.807, 2.05) is 61.3 Å². The Morgan fingerprint density at radius 1 is 1.10 bits per heavy atom. The maximum absolute atomic E-state index is 16.2. The van der Waals surface area contributed by atoms with Crippen LogP contribution < -0.4 is 4.74 Å². The van der Waals surface area contributed by atoms with Gasteiger partial charge in [-0.05, 0) is 69.0 Å². The number of aliphatic hydroxyl groups is 1. The molecule has 3 aromatic heterocycles. The fourth-order valence-electron chi connectivity index (χ4n) is 7.24. The van der Waals surface area contributed by atoms with Gasteiger partial charge in [0.25, 0.3) is 0 Å². The molecule has 2 aromatic carbocycles. The molecule has 0 unspecified atom stereocenters. The minimum absolute atomic E-state index is 0.0184. The first-order chi connectivity index (χ1) is 23.5. The molecule has 1 aliphatic carbocycles. The normalized spacial score (nSPS) is 18.5. The number of ether oxygens (including phenoxy) is 2. The number of hydrogen-bond donors (Lipinski definition) is 1. The van der Waals surface area contributed by atoms with E-state index in [1.165, 1.54) is 13.2 Å². The molecule has 1 aliphatic heterocycles. The monoisotopic (exact) mass is 668 g/mol. The summed E-state index contributed by atoms with van der Waals surface area (Å²) in [6, 6.07) is 9.21. The molecule has 2 aliphatic rings. The van der Waals surface area contributed by atoms with E-state index in [-0.39, 0.29) is 42.5 Å². The maximum Gasteiger partial charge on any atom is 0.246 e. The molecule has 0 spiro atoms. The Hall–Kier alpha value is -4.94. The van der Waals surface area contributed by atoms with Crippen molar-refractivity contribution in [2.75, 3.05) is 26.9 Å². The van der Waals surface area contributed by atoms with E-state index in [0.717, 1.165) is 45.8 Å². The van der Waals surface area contributed by atoms with E-state index in [4.69, 9.17) is 24.5 Å². The molecule has 4 heterocycles. The summed E-state index contributed by atoms with van der Waals surface area (Å²) < 4.78 is 45.9. The standard InChI is InChI=1S/C37H38F2N6O4/c1-7-32(47)44-18-19(2)45-29(20(44)3)17-27(42-45)37-35(34-25(39)15-23(38)16-31(34)49-13-12-48-6)33-24(9-11-30(33)46)36(41-37)22-8-10-28-26(14-22)40-21(4)43(28)5/h7-8,10,14-17,19-20,30,46H,1,9,11-13,18H2,2-6H3/t19-,20+,30-/m0/s1. The molecule has 1 amide bonds. The Kier molecular flexibility index (Phi) is 8.32. The van der Waals surface area contributed by atoms with Crippen LogP contribution in [0.25, 0.3) is 44.8 Å². The highest BCUT2D eigenvalue weighted by Gasteiger charge is 2.37. The van der Waals surface area contributed by atoms with Crippen molar-refractivity contribution in [2.45, 2.75) is 51.8 Å². The third kappa shape index (κ3) is 5.39. The molecule has 5 aromatic rings. The van der Waals surface area contributed by atoms with Crippen LogP contribution in [0.4, 0.5) is 8.78 Å². The van der Waals surface area contributed by atoms with Crippen molar-refractivity contribution < 1.29 is 28.2 Å². The third-order valence-electron chi connectivity index (χ3n) is 9.77. The SMILES string of the molecule is C=CC(=O)N1C[C@H](C)n2nc(-c3nc(-c4ccc5c(c4)nc(C)n5C)c4c(c3-c3c(F)cc(F)cc3OCCOC)[C@@H](O)CC4)cc2[C@H]1C. The summed E-state index contributed by atoms with van der Waals surface area (Å²) in [6.07, 6.45) is 1.21. The second kappa shape index (κ2) is 12.5. The molecule has 49 heavy (non-hydrogen) atoms. The van der Waals surface area contributed by atoms with Gasteiger partial charge in [0.05, 0.1) is 58.5 Å². The van der Waals surface area contributed by atoms with Crippen molar-refractivity contribution in [3.05, 3.63) is 83.3 Å². The van der Waals surface area contributed by atoms with E-state index in [2.05, 4.69) is 6.58 Å². The van der Waals surface area contributed by atoms with Gasteiger partial charge >= 0.3 is 0 Å². The molecule has 0 fully saturated rings. The van der Waals surface area contributed by atoms with E-state index < -0.39 is 17.7 Å². The molecule has 7 rings (SSSR count). The Balaban J connectivity index is 1.53. The highest BCUT2D eigenvalue weighted by atomic mass is 19.1. The van der Waals surface area contributed by atoms with Crippen LogP contribution in [0.2, 0.25) is 0 Å². The van der Waals surface area contributed by atoms with E-state index in [0.29, 0.717) is 47.6 Å². The Labute approximate surface area is 282 Å². The molecule has 12 heteroatoms. The molecule has 254 valence electrons. The highest BCUT2D eigenvalue weighted by molar-refractivity contribution is 5.91. The van der Waals surface area contributed by atoms with Gasteiger partial charge in [-0.25, -0.2) is 18.7 Å². The van der Waals surface area contributed by atoms with Crippen LogP contribution in [0.15, 0.2) is 49.1 Å². The molecule has 0 bridgehead atoms. The number of halogens is 2. The number of amides is 1. The number of pyridine rings is 1. The lowest BCUT2D eigenvalue weighted by molar-refractivity contribution is -0.129. The van der Waals surface area contributed by atoms with Crippen molar-refractivity contribution in [1.82, 2.24) is 29.2 Å². The van der Waals surface area contributed by atoms with Gasteiger partial charge in [-0.15, -0.1) is 0 Å². The molecular weight excluding hydrogens is 630 g/mol. The van der Waals surface area contributed by atoms with Crippen LogP contribution in [0, 0.1) is 18.6 Å². The first kappa shape index (κ1) is 32.6. The number of aliphatic hydroxyl groups excluding tert-OH is 1. The number of hydrogen-bond acceptors (Lipinski definition) is 7. The summed E-state index contributed by atoms with van der Waals surface area (Å²) in [7, 11) is 3.47. The topological polar surface area (TPSA) is 108 Å². The smallest absolute Gasteiger partial charge is 0.246 e. The Bertz CT molecular complexity index is 2140. The van der Waals surface area contributed by atoms with Gasteiger partial charge in [-0.3, -0.25) is 9.48 Å². The number of nitrogens with zero attached hydrogens (tertiary/aromatic N) is 6. The van der Waals surface area contributed by atoms with Crippen molar-refractivity contribution in [1.29, 1.82) is 0 Å². The summed E-state index contributed by atoms with van der Waals surface area (Å²) in [5.74, 6) is -1.03. The quantitative estimate of drug-likeness (QED) is 0.151. The zero-order chi connectivity index (χ0) is 34.7. The number of rotatable bonds is 8. The lowest BCUT2D eigenvalue weighted by Gasteiger charge is -2.36. The summed E-state index contributed by atoms with van der Waals surface area (Å²) in [4.78, 5) is 24.5. The van der Waals surface area contributed by atoms with Gasteiger partial charge in [0, 0.05) is 44.0 Å². The van der Waals surface area contributed by atoms with Gasteiger partial charge < -0.3 is 24.0 Å². The van der Waals surface area contributed by atoms with Crippen LogP contribution >= 0.6 is 0 Å². The predicted octanol–water partition coefficient (Wildman–Crippen LogP) is 6.41. The first-order valence-electron chi connectivity index (χ1n) is 16.3. The fraction of sp³-hybridized carbons (Fsp3) is 0.351. The molecule has 1 N–H and O–H groups in total. The minimum Gasteiger partial charge on any atom is -0.490 e. The zero-order valence-electron chi connectivity index (χ0n) is 28.1. The molecule has 3 atom stereocenters. The Morgan fingerprint density at radius 2 is 1.90 bits per heavy atom. The van der Waals surface area contributed by atoms with Gasteiger partial charge in [0.2, 0.25) is 5.91 Å². The van der Waals surface area contributed by atoms with Gasteiger partial charge in [-0.1, -0.05) is 12.6 Å². The van der Waals surface area contributed by atoms with E-state index in [1.54, 1.807) is 4.90 Å². The molecule has 10 nitrogen and oxygen atoms in total. The van der Waals surface area contributed by atoms with Crippen molar-refractivity contribution in [3.8, 4) is 39.5 Å². The zero-order valence-corrected chi connectivity index (χ0v) is 28.1. The Morgan fingerprint density at radius 3 is 2.65 bits per heavy atom. The van der Waals surface area contributed by atoms with E-state index >= 15 is 4.39 Å². The molecule has 0 saturated carbocycles. The summed E-state index contributed by atoms with van der Waals surface area (Å²) in [5.41, 5.74) is 6.18. The number of carbonyl (C=O) groups excluding carboxylic acids is 1. The number of imidazole rings is 1. The average Bonchev–Trinajstić information content (AvgIpc) is 3.77. The number of fused-ring (bicyclic) bond motifs is 3. The van der Waals surface area contributed by atoms with Gasteiger partial charge in [0.15, 0.2) is 0 Å². The highest BCUT2D eigenvalue weighted by Crippen LogP contribution is 2.50. The van der Waals surface area contributed by atoms with Crippen LogP contribution in [0.3, 0.4) is 0 Å².